The van der Waals surface area contributed by atoms with E-state index >= 15 is 0 Å². The second kappa shape index (κ2) is 7.32. The first-order valence-corrected chi connectivity index (χ1v) is 7.40. The number of rotatable bonds is 5. The van der Waals surface area contributed by atoms with E-state index in [1.807, 2.05) is 13.8 Å². The first-order valence-electron chi connectivity index (χ1n) is 7.40. The van der Waals surface area contributed by atoms with Gasteiger partial charge in [-0.15, -0.1) is 0 Å². The van der Waals surface area contributed by atoms with Crippen LogP contribution in [0.1, 0.15) is 24.2 Å². The molecule has 1 atom stereocenters. The van der Waals surface area contributed by atoms with Crippen LogP contribution < -0.4 is 9.47 Å². The Hall–Kier alpha value is -2.28. The third kappa shape index (κ3) is 3.92. The molecular weight excluding hydrogens is 302 g/mol. The highest BCUT2D eigenvalue weighted by Gasteiger charge is 2.33. The number of ether oxygens (including phenoxy) is 3. The number of morpholine rings is 1. The summed E-state index contributed by atoms with van der Waals surface area (Å²) in [5.74, 6) is -0.472. The topological polar surface area (TPSA) is 85.3 Å². The van der Waals surface area contributed by atoms with E-state index < -0.39 is 12.0 Å². The van der Waals surface area contributed by atoms with E-state index in [1.54, 1.807) is 18.2 Å². The van der Waals surface area contributed by atoms with Crippen molar-refractivity contribution in [3.05, 3.63) is 23.8 Å². The van der Waals surface area contributed by atoms with Gasteiger partial charge in [-0.2, -0.15) is 0 Å². The second-order valence-corrected chi connectivity index (χ2v) is 5.46. The molecule has 1 aliphatic heterocycles. The van der Waals surface area contributed by atoms with Gasteiger partial charge in [0.05, 0.1) is 26.4 Å². The highest BCUT2D eigenvalue weighted by molar-refractivity contribution is 5.97. The van der Waals surface area contributed by atoms with Crippen molar-refractivity contribution in [1.82, 2.24) is 4.90 Å². The first kappa shape index (κ1) is 17.1. The van der Waals surface area contributed by atoms with Crippen LogP contribution in [0.15, 0.2) is 18.2 Å². The zero-order valence-corrected chi connectivity index (χ0v) is 13.4. The smallest absolute Gasteiger partial charge is 0.328 e. The fourth-order valence-corrected chi connectivity index (χ4v) is 2.37. The number of methoxy groups -OCH3 is 1. The summed E-state index contributed by atoms with van der Waals surface area (Å²) in [6.07, 6.45) is -0.0268. The lowest BCUT2D eigenvalue weighted by atomic mass is 10.1. The fraction of sp³-hybridized carbons (Fsp3) is 0.500. The number of carbonyl (C=O) groups excluding carboxylic acids is 1. The lowest BCUT2D eigenvalue weighted by molar-refractivity contribution is -0.147. The fourth-order valence-electron chi connectivity index (χ4n) is 2.37. The van der Waals surface area contributed by atoms with Gasteiger partial charge in [0.15, 0.2) is 17.5 Å². The number of carbonyl (C=O) groups is 2. The van der Waals surface area contributed by atoms with E-state index in [1.165, 1.54) is 12.0 Å². The average Bonchev–Trinajstić information content (AvgIpc) is 2.54. The van der Waals surface area contributed by atoms with Gasteiger partial charge >= 0.3 is 5.97 Å². The molecule has 2 rings (SSSR count). The highest BCUT2D eigenvalue weighted by atomic mass is 16.5. The molecule has 1 saturated heterocycles. The Morgan fingerprint density at radius 2 is 2.09 bits per heavy atom. The molecule has 0 aromatic heterocycles. The SMILES string of the molecule is COc1cc(C(=O)N2CCOCC2C(=O)O)ccc1OC(C)C. The van der Waals surface area contributed by atoms with Gasteiger partial charge in [-0.1, -0.05) is 0 Å². The maximum atomic E-state index is 12.6. The Bertz CT molecular complexity index is 586. The summed E-state index contributed by atoms with van der Waals surface area (Å²) in [5, 5.41) is 9.23. The molecule has 0 saturated carbocycles. The number of nitrogens with zero attached hydrogens (tertiary/aromatic N) is 1. The van der Waals surface area contributed by atoms with Crippen molar-refractivity contribution in [2.45, 2.75) is 26.0 Å². The molecular formula is C16H21NO6. The number of aliphatic carboxylic acids is 1. The van der Waals surface area contributed by atoms with Crippen molar-refractivity contribution in [2.75, 3.05) is 26.9 Å². The Morgan fingerprint density at radius 1 is 1.35 bits per heavy atom. The third-order valence-corrected chi connectivity index (χ3v) is 3.45. The molecule has 1 heterocycles. The molecule has 1 aromatic rings. The van der Waals surface area contributed by atoms with Gasteiger partial charge in [-0.25, -0.2) is 4.79 Å². The van der Waals surface area contributed by atoms with E-state index in [9.17, 15) is 14.7 Å². The number of carboxylic acid groups (broad SMARTS) is 1. The van der Waals surface area contributed by atoms with Crippen LogP contribution in [-0.2, 0) is 9.53 Å². The zero-order chi connectivity index (χ0) is 17.0. The average molecular weight is 323 g/mol. The maximum absolute atomic E-state index is 12.6. The molecule has 0 radical (unpaired) electrons. The molecule has 0 spiro atoms. The van der Waals surface area contributed by atoms with Crippen molar-refractivity contribution < 1.29 is 28.9 Å². The van der Waals surface area contributed by atoms with Crippen LogP contribution in [0.4, 0.5) is 0 Å². The van der Waals surface area contributed by atoms with Crippen molar-refractivity contribution in [3.8, 4) is 11.5 Å². The Morgan fingerprint density at radius 3 is 2.70 bits per heavy atom. The molecule has 7 nitrogen and oxygen atoms in total. The largest absolute Gasteiger partial charge is 0.493 e. The normalized spacial score (nSPS) is 17.9. The minimum Gasteiger partial charge on any atom is -0.493 e. The summed E-state index contributed by atoms with van der Waals surface area (Å²) >= 11 is 0. The minimum atomic E-state index is -1.08. The summed E-state index contributed by atoms with van der Waals surface area (Å²) in [6.45, 7) is 4.34. The van der Waals surface area contributed by atoms with Gasteiger partial charge in [0.25, 0.3) is 5.91 Å². The number of hydrogen-bond acceptors (Lipinski definition) is 5. The van der Waals surface area contributed by atoms with Crippen molar-refractivity contribution in [1.29, 1.82) is 0 Å². The Labute approximate surface area is 134 Å². The van der Waals surface area contributed by atoms with E-state index in [0.29, 0.717) is 23.7 Å². The summed E-state index contributed by atoms with van der Waals surface area (Å²) in [6, 6.07) is 3.85. The molecule has 0 bridgehead atoms. The van der Waals surface area contributed by atoms with Crippen LogP contribution in [0.2, 0.25) is 0 Å². The Kier molecular flexibility index (Phi) is 5.44. The minimum absolute atomic E-state index is 0.00719. The summed E-state index contributed by atoms with van der Waals surface area (Å²) < 4.78 is 16.0. The lowest BCUT2D eigenvalue weighted by Gasteiger charge is -2.33. The lowest BCUT2D eigenvalue weighted by Crippen LogP contribution is -2.52. The van der Waals surface area contributed by atoms with Crippen LogP contribution in [0.3, 0.4) is 0 Å². The van der Waals surface area contributed by atoms with E-state index in [4.69, 9.17) is 14.2 Å². The first-order chi connectivity index (χ1) is 10.9. The van der Waals surface area contributed by atoms with Gasteiger partial charge < -0.3 is 24.2 Å². The standard InChI is InChI=1S/C16H21NO6/c1-10(2)23-13-5-4-11(8-14(13)21-3)15(18)17-6-7-22-9-12(17)16(19)20/h4-5,8,10,12H,6-7,9H2,1-3H3,(H,19,20). The van der Waals surface area contributed by atoms with Gasteiger partial charge in [0.1, 0.15) is 0 Å². The number of carboxylic acids is 1. The summed E-state index contributed by atoms with van der Waals surface area (Å²) in [4.78, 5) is 25.2. The van der Waals surface area contributed by atoms with Gasteiger partial charge in [0, 0.05) is 12.1 Å². The van der Waals surface area contributed by atoms with Crippen molar-refractivity contribution >= 4 is 11.9 Å². The summed E-state index contributed by atoms with van der Waals surface area (Å²) in [5.41, 5.74) is 0.353. The Balaban J connectivity index is 2.26. The van der Waals surface area contributed by atoms with Crippen LogP contribution in [0, 0.1) is 0 Å². The van der Waals surface area contributed by atoms with Gasteiger partial charge in [-0.3, -0.25) is 4.79 Å². The number of hydrogen-bond donors (Lipinski definition) is 1. The molecule has 23 heavy (non-hydrogen) atoms. The van der Waals surface area contributed by atoms with Crippen molar-refractivity contribution in [3.63, 3.8) is 0 Å². The second-order valence-electron chi connectivity index (χ2n) is 5.46. The maximum Gasteiger partial charge on any atom is 0.328 e. The van der Waals surface area contributed by atoms with Crippen LogP contribution in [0.5, 0.6) is 11.5 Å². The van der Waals surface area contributed by atoms with Gasteiger partial charge in [-0.05, 0) is 32.0 Å². The third-order valence-electron chi connectivity index (χ3n) is 3.45. The molecule has 1 unspecified atom stereocenters. The number of benzene rings is 1. The molecule has 1 aliphatic rings. The van der Waals surface area contributed by atoms with E-state index in [2.05, 4.69) is 0 Å². The molecule has 1 aromatic carbocycles. The van der Waals surface area contributed by atoms with Crippen LogP contribution in [-0.4, -0.2) is 60.9 Å². The molecule has 1 fully saturated rings. The monoisotopic (exact) mass is 323 g/mol. The predicted octanol–water partition coefficient (Wildman–Crippen LogP) is 1.41. The van der Waals surface area contributed by atoms with Crippen molar-refractivity contribution in [2.24, 2.45) is 0 Å². The molecule has 1 N–H and O–H groups in total. The molecule has 7 heteroatoms. The highest BCUT2D eigenvalue weighted by Crippen LogP contribution is 2.29. The summed E-state index contributed by atoms with van der Waals surface area (Å²) in [7, 11) is 1.49. The number of amides is 1. The van der Waals surface area contributed by atoms with E-state index in [0.717, 1.165) is 0 Å². The molecule has 1 amide bonds. The zero-order valence-electron chi connectivity index (χ0n) is 13.4. The molecule has 126 valence electrons. The van der Waals surface area contributed by atoms with Crippen LogP contribution in [0.25, 0.3) is 0 Å². The quantitative estimate of drug-likeness (QED) is 0.882. The van der Waals surface area contributed by atoms with Crippen LogP contribution >= 0.6 is 0 Å². The predicted molar refractivity (Wildman–Crippen MR) is 82.0 cm³/mol. The van der Waals surface area contributed by atoms with E-state index in [-0.39, 0.29) is 25.2 Å². The molecule has 0 aliphatic carbocycles. The van der Waals surface area contributed by atoms with Gasteiger partial charge in [0.2, 0.25) is 0 Å².